The summed E-state index contributed by atoms with van der Waals surface area (Å²) in [6.45, 7) is -0.262. The number of hydrogen-bond acceptors (Lipinski definition) is 4. The Morgan fingerprint density at radius 2 is 0.753 bits per heavy atom. The summed E-state index contributed by atoms with van der Waals surface area (Å²) in [4.78, 5) is 19.4. The number of aromatic nitrogens is 7. The maximum Gasteiger partial charge on any atom is 2.00 e. The van der Waals surface area contributed by atoms with E-state index in [-0.39, 0.29) is 55.6 Å². The first-order valence-corrected chi connectivity index (χ1v) is 24.0. The van der Waals surface area contributed by atoms with Crippen LogP contribution in [0.3, 0.4) is 0 Å². The molecular weight excluding hydrogens is 1250 g/mol. The monoisotopic (exact) mass is 1290 g/mol. The number of pyridine rings is 2. The molecule has 8 heterocycles. The average Bonchev–Trinajstić information content (AvgIpc) is 4.22. The molecule has 6 aromatic heterocycles. The van der Waals surface area contributed by atoms with Gasteiger partial charge in [-0.2, -0.15) is 93.3 Å². The Bertz CT molecular complexity index is 4280. The van der Waals surface area contributed by atoms with Crippen LogP contribution in [0.5, 0.6) is 0 Å². The molecule has 0 saturated carbocycles. The molecule has 7 nitrogen and oxygen atoms in total. The van der Waals surface area contributed by atoms with Crippen molar-refractivity contribution in [3.8, 4) is 39.8 Å². The number of para-hydroxylation sites is 2. The number of fused-ring (bicyclic) bond motifs is 15. The number of nitrogens with zero attached hydrogens (tertiary/aromatic N) is 7. The number of rotatable bonds is 5. The number of benzene rings is 8. The van der Waals surface area contributed by atoms with E-state index >= 15 is 0 Å². The van der Waals surface area contributed by atoms with Crippen LogP contribution in [0.25, 0.3) is 105 Å². The van der Waals surface area contributed by atoms with Crippen molar-refractivity contribution in [1.29, 1.82) is 0 Å². The van der Waals surface area contributed by atoms with Gasteiger partial charge in [0, 0.05) is 35.8 Å². The maximum absolute atomic E-state index is 4.89. The van der Waals surface area contributed by atoms with E-state index in [0.717, 1.165) is 88.1 Å². The molecule has 16 rings (SSSR count). The van der Waals surface area contributed by atoms with Crippen molar-refractivity contribution >= 4 is 112 Å². The first kappa shape index (κ1) is 43.8. The molecule has 0 aliphatic carbocycles. The molecule has 0 bridgehead atoms. The van der Waals surface area contributed by atoms with Crippen LogP contribution < -0.4 is 32.8 Å². The van der Waals surface area contributed by atoms with E-state index in [1.807, 2.05) is 55.1 Å². The van der Waals surface area contributed by atoms with E-state index in [1.165, 1.54) is 44.0 Å². The summed E-state index contributed by atoms with van der Waals surface area (Å²) in [5.41, 5.74) is 17.6. The van der Waals surface area contributed by atoms with Crippen molar-refractivity contribution in [3.63, 3.8) is 0 Å². The Morgan fingerprint density at radius 1 is 0.329 bits per heavy atom. The Labute approximate surface area is 448 Å². The van der Waals surface area contributed by atoms with Crippen LogP contribution in [0.2, 0.25) is 0 Å². The molecule has 73 heavy (non-hydrogen) atoms. The second-order valence-corrected chi connectivity index (χ2v) is 18.6. The Kier molecular flexibility index (Phi) is 10.1. The Morgan fingerprint density at radius 3 is 1.23 bits per heavy atom. The van der Waals surface area contributed by atoms with Gasteiger partial charge in [-0.25, -0.2) is 19.9 Å². The number of hydrogen-bond donors (Lipinski definition) is 0. The van der Waals surface area contributed by atoms with Gasteiger partial charge in [-0.15, -0.1) is 21.9 Å². The molecule has 0 fully saturated rings. The van der Waals surface area contributed by atoms with Crippen LogP contribution in [0.15, 0.2) is 201 Å². The first-order chi connectivity index (χ1) is 35.2. The molecule has 8 aromatic carbocycles. The average molecular weight is 1290 g/mol. The summed E-state index contributed by atoms with van der Waals surface area (Å²) in [5.74, 6) is 2.29. The van der Waals surface area contributed by atoms with Gasteiger partial charge in [0.25, 0.3) is 0 Å². The second kappa shape index (κ2) is 16.8. The molecule has 0 unspecified atom stereocenters. The van der Waals surface area contributed by atoms with E-state index in [4.69, 9.17) is 19.9 Å². The summed E-state index contributed by atoms with van der Waals surface area (Å²) < 4.78 is 6.65. The van der Waals surface area contributed by atoms with Crippen molar-refractivity contribution < 1.29 is 42.1 Å². The quantitative estimate of drug-likeness (QED) is 0.128. The Hall–Kier alpha value is -7.95. The first-order valence-electron chi connectivity index (χ1n) is 24.0. The summed E-state index contributed by atoms with van der Waals surface area (Å²) in [7, 11) is 0. The summed E-state index contributed by atoms with van der Waals surface area (Å²) in [6, 6.07) is 78.6. The minimum absolute atomic E-state index is 0. The SMILES string of the molecule is [Pt+2].[Pt+2].[c-]1c(B2c3[c-]c4c(cc3-c3ccccc32)c2ccccc2n4-c2ccccn2)ccc2c3ccc(B4c5[c-]c6c(cc5-c5ccccc54)c4ccccc4n6-c4ccccn4)[c-]c3n(-c3ncccn3)c12. The minimum Gasteiger partial charge on any atom is -0.328 e. The van der Waals surface area contributed by atoms with Gasteiger partial charge in [0.2, 0.25) is 5.95 Å². The van der Waals surface area contributed by atoms with E-state index in [2.05, 4.69) is 184 Å². The summed E-state index contributed by atoms with van der Waals surface area (Å²) in [5, 5.41) is 6.76. The zero-order valence-electron chi connectivity index (χ0n) is 38.5. The predicted octanol–water partition coefficient (Wildman–Crippen LogP) is 8.75. The third-order valence-electron chi connectivity index (χ3n) is 15.0. The van der Waals surface area contributed by atoms with Gasteiger partial charge in [-0.1, -0.05) is 141 Å². The molecule has 0 N–H and O–H groups in total. The fraction of sp³-hybridized carbons (Fsp3) is 0. The maximum atomic E-state index is 4.89. The third kappa shape index (κ3) is 6.29. The molecule has 0 amide bonds. The zero-order valence-corrected chi connectivity index (χ0v) is 43.0. The van der Waals surface area contributed by atoms with Crippen LogP contribution >= 0.6 is 0 Å². The van der Waals surface area contributed by atoms with Crippen molar-refractivity contribution in [2.24, 2.45) is 0 Å². The van der Waals surface area contributed by atoms with Gasteiger partial charge in [-0.3, -0.25) is 0 Å². The second-order valence-electron chi connectivity index (χ2n) is 18.6. The van der Waals surface area contributed by atoms with Gasteiger partial charge >= 0.3 is 42.1 Å². The molecule has 0 atom stereocenters. The van der Waals surface area contributed by atoms with Crippen LogP contribution in [0.1, 0.15) is 0 Å². The molecule has 11 heteroatoms. The molecule has 0 radical (unpaired) electrons. The van der Waals surface area contributed by atoms with Crippen molar-refractivity contribution in [1.82, 2.24) is 33.6 Å². The smallest absolute Gasteiger partial charge is 0.328 e. The Balaban J connectivity index is 0.00000247. The molecular formula is C62H33B2N7Pt2. The topological polar surface area (TPSA) is 66.3 Å². The van der Waals surface area contributed by atoms with Gasteiger partial charge in [0.1, 0.15) is 11.6 Å². The van der Waals surface area contributed by atoms with Crippen molar-refractivity contribution in [2.45, 2.75) is 0 Å². The van der Waals surface area contributed by atoms with E-state index < -0.39 is 0 Å². The van der Waals surface area contributed by atoms with Crippen LogP contribution in [-0.2, 0) is 42.1 Å². The summed E-state index contributed by atoms with van der Waals surface area (Å²) >= 11 is 0. The van der Waals surface area contributed by atoms with Gasteiger partial charge < -0.3 is 13.7 Å². The van der Waals surface area contributed by atoms with E-state index in [9.17, 15) is 0 Å². The fourth-order valence-electron chi connectivity index (χ4n) is 12.0. The van der Waals surface area contributed by atoms with Gasteiger partial charge in [-0.05, 0) is 53.2 Å². The molecule has 2 aliphatic rings. The molecule has 14 aromatic rings. The van der Waals surface area contributed by atoms with Crippen LogP contribution in [0, 0.1) is 24.3 Å². The molecule has 0 spiro atoms. The fourth-order valence-corrected chi connectivity index (χ4v) is 12.0. The molecule has 342 valence electrons. The normalized spacial score (nSPS) is 12.4. The molecule has 0 saturated heterocycles. The standard InChI is InChI=1S/C62H33B2N7.2Pt/c1-5-18-50-40(14-1)46-34-48-42-16-3-7-20-54(42)69(60-22-9-11-28-65-60)58(48)36-52(46)63(50)38-24-26-44-45-27-25-39(33-57(45)71(56(44)32-38)62-67-30-13-31-68-62)64-51-19-6-2-15-41(51)47-35-49-43-17-4-8-21-55(43)70(59(49)37-53(47)64)61-23-10-12-29-66-61;;/h1-31,34-35H;;/q-4;2*+2. The van der Waals surface area contributed by atoms with Gasteiger partial charge in [0.15, 0.2) is 13.4 Å². The zero-order chi connectivity index (χ0) is 46.3. The predicted molar refractivity (Wildman–Crippen MR) is 289 cm³/mol. The van der Waals surface area contributed by atoms with Crippen molar-refractivity contribution in [3.05, 3.63) is 225 Å². The third-order valence-corrected chi connectivity index (χ3v) is 15.0. The van der Waals surface area contributed by atoms with E-state index in [0.29, 0.717) is 5.95 Å². The van der Waals surface area contributed by atoms with Crippen molar-refractivity contribution in [2.75, 3.05) is 0 Å². The summed E-state index contributed by atoms with van der Waals surface area (Å²) in [6.07, 6.45) is 7.33. The van der Waals surface area contributed by atoms with E-state index in [1.54, 1.807) is 0 Å². The largest absolute Gasteiger partial charge is 2.00 e. The van der Waals surface area contributed by atoms with Gasteiger partial charge in [0.05, 0.1) is 0 Å². The molecule has 2 aliphatic heterocycles. The minimum atomic E-state index is -0.131. The van der Waals surface area contributed by atoms with Crippen LogP contribution in [0.4, 0.5) is 0 Å². The van der Waals surface area contributed by atoms with Crippen LogP contribution in [-0.4, -0.2) is 47.1 Å².